The highest BCUT2D eigenvalue weighted by Gasteiger charge is 2.12. The molecule has 0 aliphatic heterocycles. The number of nitrogens with two attached hydrogens (primary N) is 1. The van der Waals surface area contributed by atoms with Crippen LogP contribution in [-0.2, 0) is 0 Å². The number of aromatic nitrogens is 1. The Labute approximate surface area is 81.8 Å². The molecule has 0 radical (unpaired) electrons. The summed E-state index contributed by atoms with van der Waals surface area (Å²) in [6, 6.07) is 5.28. The van der Waals surface area contributed by atoms with Gasteiger partial charge >= 0.3 is 0 Å². The average molecular weight is 241 g/mol. The predicted octanol–water partition coefficient (Wildman–Crippen LogP) is 1.69. The zero-order valence-electron chi connectivity index (χ0n) is 6.45. The third-order valence-corrected chi connectivity index (χ3v) is 2.16. The zero-order valence-corrected chi connectivity index (χ0v) is 8.04. The first kappa shape index (κ1) is 8.25. The van der Waals surface area contributed by atoms with Crippen molar-refractivity contribution in [2.24, 2.45) is 5.73 Å². The second-order valence-corrected chi connectivity index (χ2v) is 3.45. The summed E-state index contributed by atoms with van der Waals surface area (Å²) in [5.74, 6) is -0.507. The molecule has 0 atom stereocenters. The molecule has 0 unspecified atom stereocenters. The maximum atomic E-state index is 10.8. The van der Waals surface area contributed by atoms with Crippen LogP contribution in [0.1, 0.15) is 10.6 Å². The lowest BCUT2D eigenvalue weighted by molar-refractivity contribution is 0.0967. The summed E-state index contributed by atoms with van der Waals surface area (Å²) in [4.78, 5) is 10.8. The van der Waals surface area contributed by atoms with E-state index in [1.165, 1.54) is 0 Å². The Morgan fingerprint density at radius 3 is 3.00 bits per heavy atom. The number of carbonyl (C=O) groups excluding carboxylic acids is 1. The summed E-state index contributed by atoms with van der Waals surface area (Å²) in [6.07, 6.45) is 0. The van der Waals surface area contributed by atoms with Gasteiger partial charge in [-0.25, -0.2) is 0 Å². The molecule has 13 heavy (non-hydrogen) atoms. The maximum Gasteiger partial charge on any atom is 0.287 e. The largest absolute Gasteiger partial charge is 0.363 e. The number of carbonyl (C=O) groups is 1. The molecule has 0 aliphatic carbocycles. The van der Waals surface area contributed by atoms with Gasteiger partial charge in [0.25, 0.3) is 5.91 Å². The molecule has 0 spiro atoms. The van der Waals surface area contributed by atoms with Gasteiger partial charge in [-0.05, 0) is 18.2 Å². The molecule has 1 aromatic carbocycles. The third kappa shape index (κ3) is 1.31. The van der Waals surface area contributed by atoms with E-state index in [4.69, 9.17) is 10.3 Å². The van der Waals surface area contributed by atoms with Gasteiger partial charge in [0.15, 0.2) is 0 Å². The van der Waals surface area contributed by atoms with Crippen LogP contribution in [0.3, 0.4) is 0 Å². The highest BCUT2D eigenvalue weighted by atomic mass is 79.9. The molecule has 1 aromatic heterocycles. The fourth-order valence-electron chi connectivity index (χ4n) is 1.09. The number of fused-ring (bicyclic) bond motifs is 1. The minimum atomic E-state index is -0.607. The molecule has 0 saturated heterocycles. The number of hydrogen-bond acceptors (Lipinski definition) is 3. The summed E-state index contributed by atoms with van der Waals surface area (Å²) in [7, 11) is 0. The van der Waals surface area contributed by atoms with Crippen molar-refractivity contribution in [3.63, 3.8) is 0 Å². The van der Waals surface area contributed by atoms with Gasteiger partial charge in [-0.2, -0.15) is 0 Å². The molecule has 66 valence electrons. The van der Waals surface area contributed by atoms with Crippen molar-refractivity contribution in [2.45, 2.75) is 0 Å². The summed E-state index contributed by atoms with van der Waals surface area (Å²) >= 11 is 3.28. The number of nitrogens with zero attached hydrogens (tertiary/aromatic N) is 1. The van der Waals surface area contributed by atoms with Crippen molar-refractivity contribution in [3.8, 4) is 0 Å². The first-order chi connectivity index (χ1) is 6.18. The molecule has 1 heterocycles. The molecule has 0 bridgehead atoms. The van der Waals surface area contributed by atoms with Crippen LogP contribution >= 0.6 is 15.9 Å². The molecule has 2 rings (SSSR count). The number of rotatable bonds is 1. The number of primary amides is 1. The standard InChI is InChI=1S/C8H5BrN2O2/c9-4-1-2-5-6(3-4)11-13-7(5)8(10)12/h1-3H,(H2,10,12). The van der Waals surface area contributed by atoms with Crippen LogP contribution in [0, 0.1) is 0 Å². The van der Waals surface area contributed by atoms with Crippen molar-refractivity contribution in [2.75, 3.05) is 0 Å². The predicted molar refractivity (Wildman–Crippen MR) is 50.2 cm³/mol. The molecule has 2 aromatic rings. The fraction of sp³-hybridized carbons (Fsp3) is 0. The summed E-state index contributed by atoms with van der Waals surface area (Å²) in [5.41, 5.74) is 5.69. The Morgan fingerprint density at radius 2 is 2.31 bits per heavy atom. The first-order valence-electron chi connectivity index (χ1n) is 3.53. The maximum absolute atomic E-state index is 10.8. The average Bonchev–Trinajstić information content (AvgIpc) is 2.46. The van der Waals surface area contributed by atoms with E-state index < -0.39 is 5.91 Å². The van der Waals surface area contributed by atoms with Crippen molar-refractivity contribution in [1.29, 1.82) is 0 Å². The minimum absolute atomic E-state index is 0.0995. The summed E-state index contributed by atoms with van der Waals surface area (Å²) in [5, 5.41) is 4.33. The Balaban J connectivity index is 2.76. The minimum Gasteiger partial charge on any atom is -0.363 e. The smallest absolute Gasteiger partial charge is 0.287 e. The molecule has 0 aliphatic rings. The van der Waals surface area contributed by atoms with Gasteiger partial charge in [0.1, 0.15) is 5.52 Å². The van der Waals surface area contributed by atoms with Crippen molar-refractivity contribution in [3.05, 3.63) is 28.4 Å². The molecule has 1 amide bonds. The molecular weight excluding hydrogens is 236 g/mol. The number of benzene rings is 1. The molecule has 5 heteroatoms. The summed E-state index contributed by atoms with van der Waals surface area (Å²) in [6.45, 7) is 0. The topological polar surface area (TPSA) is 69.1 Å². The van der Waals surface area contributed by atoms with Crippen molar-refractivity contribution < 1.29 is 9.32 Å². The van der Waals surface area contributed by atoms with E-state index in [0.717, 1.165) is 4.47 Å². The van der Waals surface area contributed by atoms with E-state index in [1.54, 1.807) is 18.2 Å². The van der Waals surface area contributed by atoms with Crippen molar-refractivity contribution in [1.82, 2.24) is 5.16 Å². The Kier molecular flexibility index (Phi) is 1.81. The first-order valence-corrected chi connectivity index (χ1v) is 4.32. The molecular formula is C8H5BrN2O2. The third-order valence-electron chi connectivity index (χ3n) is 1.66. The van der Waals surface area contributed by atoms with Crippen LogP contribution in [-0.4, -0.2) is 11.1 Å². The van der Waals surface area contributed by atoms with E-state index in [-0.39, 0.29) is 5.76 Å². The van der Waals surface area contributed by atoms with Crippen LogP contribution in [0.4, 0.5) is 0 Å². The van der Waals surface area contributed by atoms with Crippen LogP contribution < -0.4 is 5.73 Å². The monoisotopic (exact) mass is 240 g/mol. The van der Waals surface area contributed by atoms with Crippen LogP contribution in [0.25, 0.3) is 10.9 Å². The SMILES string of the molecule is NC(=O)c1onc2cc(Br)ccc12. The van der Waals surface area contributed by atoms with E-state index >= 15 is 0 Å². The highest BCUT2D eigenvalue weighted by Crippen LogP contribution is 2.21. The lowest BCUT2D eigenvalue weighted by atomic mass is 10.2. The lowest BCUT2D eigenvalue weighted by Gasteiger charge is -1.89. The van der Waals surface area contributed by atoms with Crippen LogP contribution in [0.15, 0.2) is 27.2 Å². The van der Waals surface area contributed by atoms with Gasteiger partial charge < -0.3 is 10.3 Å². The Morgan fingerprint density at radius 1 is 1.54 bits per heavy atom. The Hall–Kier alpha value is -1.36. The second-order valence-electron chi connectivity index (χ2n) is 2.54. The normalized spacial score (nSPS) is 10.5. The molecule has 0 fully saturated rings. The zero-order chi connectivity index (χ0) is 9.42. The van der Waals surface area contributed by atoms with Gasteiger partial charge in [0, 0.05) is 4.47 Å². The molecule has 4 nitrogen and oxygen atoms in total. The number of halogens is 1. The van der Waals surface area contributed by atoms with E-state index in [2.05, 4.69) is 21.1 Å². The lowest BCUT2D eigenvalue weighted by Crippen LogP contribution is -2.09. The van der Waals surface area contributed by atoms with Crippen molar-refractivity contribution >= 4 is 32.7 Å². The van der Waals surface area contributed by atoms with Gasteiger partial charge in [0.05, 0.1) is 5.39 Å². The van der Waals surface area contributed by atoms with Gasteiger partial charge in [-0.3, -0.25) is 4.79 Å². The van der Waals surface area contributed by atoms with Gasteiger partial charge in [-0.15, -0.1) is 0 Å². The van der Waals surface area contributed by atoms with Crippen LogP contribution in [0.5, 0.6) is 0 Å². The fourth-order valence-corrected chi connectivity index (χ4v) is 1.44. The number of amides is 1. The van der Waals surface area contributed by atoms with Gasteiger partial charge in [0.2, 0.25) is 5.76 Å². The van der Waals surface area contributed by atoms with Crippen LogP contribution in [0.2, 0.25) is 0 Å². The second kappa shape index (κ2) is 2.85. The molecule has 0 saturated carbocycles. The van der Waals surface area contributed by atoms with E-state index in [0.29, 0.717) is 10.9 Å². The Bertz CT molecular complexity index is 478. The summed E-state index contributed by atoms with van der Waals surface area (Å²) < 4.78 is 5.67. The van der Waals surface area contributed by atoms with E-state index in [9.17, 15) is 4.79 Å². The quantitative estimate of drug-likeness (QED) is 0.825. The number of hydrogen-bond donors (Lipinski definition) is 1. The van der Waals surface area contributed by atoms with E-state index in [1.807, 2.05) is 0 Å². The molecule has 2 N–H and O–H groups in total. The highest BCUT2D eigenvalue weighted by molar-refractivity contribution is 9.10. The van der Waals surface area contributed by atoms with Gasteiger partial charge in [-0.1, -0.05) is 21.1 Å².